The summed E-state index contributed by atoms with van der Waals surface area (Å²) in [4.78, 5) is 6.92. The number of rotatable bonds is 3. The Kier molecular flexibility index (Phi) is 3.70. The van der Waals surface area contributed by atoms with E-state index in [1.165, 1.54) is 31.5 Å². The zero-order valence-electron chi connectivity index (χ0n) is 11.9. The van der Waals surface area contributed by atoms with Crippen LogP contribution in [0.25, 0.3) is 11.3 Å². The summed E-state index contributed by atoms with van der Waals surface area (Å²) in [5.41, 5.74) is 9.99. The van der Waals surface area contributed by atoms with Crippen molar-refractivity contribution in [3.05, 3.63) is 48.2 Å². The standard InChI is InChI=1S/C17H21N3/c1-13(20-10-2-3-11-20)14-4-6-15(7-5-14)17-12-16(18)8-9-19-17/h4-9,12-13H,2-3,10-11H2,1H3,(H2,18,19)/t13-/m0/s1. The Balaban J connectivity index is 1.80. The van der Waals surface area contributed by atoms with Crippen LogP contribution < -0.4 is 5.73 Å². The molecule has 2 aromatic rings. The second-order valence-electron chi connectivity index (χ2n) is 5.52. The van der Waals surface area contributed by atoms with Crippen LogP contribution in [0.3, 0.4) is 0 Å². The quantitative estimate of drug-likeness (QED) is 0.925. The van der Waals surface area contributed by atoms with E-state index >= 15 is 0 Å². The van der Waals surface area contributed by atoms with Crippen LogP contribution in [0.5, 0.6) is 0 Å². The number of nitrogens with two attached hydrogens (primary N) is 1. The molecule has 20 heavy (non-hydrogen) atoms. The molecule has 104 valence electrons. The lowest BCUT2D eigenvalue weighted by Crippen LogP contribution is -2.23. The lowest BCUT2D eigenvalue weighted by molar-refractivity contribution is 0.263. The van der Waals surface area contributed by atoms with E-state index in [9.17, 15) is 0 Å². The van der Waals surface area contributed by atoms with Gasteiger partial charge in [0.05, 0.1) is 5.69 Å². The minimum Gasteiger partial charge on any atom is -0.399 e. The van der Waals surface area contributed by atoms with Crippen molar-refractivity contribution in [1.82, 2.24) is 9.88 Å². The van der Waals surface area contributed by atoms with E-state index in [4.69, 9.17) is 5.73 Å². The van der Waals surface area contributed by atoms with Gasteiger partial charge >= 0.3 is 0 Å². The average Bonchev–Trinajstić information content (AvgIpc) is 3.01. The first-order valence-electron chi connectivity index (χ1n) is 7.30. The van der Waals surface area contributed by atoms with Gasteiger partial charge in [-0.05, 0) is 50.6 Å². The molecular weight excluding hydrogens is 246 g/mol. The van der Waals surface area contributed by atoms with Gasteiger partial charge in [-0.3, -0.25) is 9.88 Å². The molecule has 3 nitrogen and oxygen atoms in total. The van der Waals surface area contributed by atoms with Crippen molar-refractivity contribution in [3.8, 4) is 11.3 Å². The van der Waals surface area contributed by atoms with Crippen LogP contribution in [0.4, 0.5) is 5.69 Å². The molecule has 1 aliphatic rings. The third-order valence-electron chi connectivity index (χ3n) is 4.16. The van der Waals surface area contributed by atoms with E-state index in [1.807, 2.05) is 12.1 Å². The number of pyridine rings is 1. The first-order chi connectivity index (χ1) is 9.74. The highest BCUT2D eigenvalue weighted by Gasteiger charge is 2.19. The van der Waals surface area contributed by atoms with E-state index in [0.717, 1.165) is 16.9 Å². The number of likely N-dealkylation sites (tertiary alicyclic amines) is 1. The molecule has 1 atom stereocenters. The van der Waals surface area contributed by atoms with E-state index < -0.39 is 0 Å². The Morgan fingerprint density at radius 1 is 1.10 bits per heavy atom. The largest absolute Gasteiger partial charge is 0.399 e. The molecule has 0 radical (unpaired) electrons. The average molecular weight is 267 g/mol. The third kappa shape index (κ3) is 2.68. The lowest BCUT2D eigenvalue weighted by Gasteiger charge is -2.24. The number of nitrogens with zero attached hydrogens (tertiary/aromatic N) is 2. The second kappa shape index (κ2) is 5.63. The summed E-state index contributed by atoms with van der Waals surface area (Å²) in [5.74, 6) is 0. The molecule has 0 bridgehead atoms. The Morgan fingerprint density at radius 3 is 2.45 bits per heavy atom. The van der Waals surface area contributed by atoms with E-state index in [2.05, 4.69) is 41.1 Å². The Morgan fingerprint density at radius 2 is 1.80 bits per heavy atom. The SMILES string of the molecule is C[C@@H](c1ccc(-c2cc(N)ccn2)cc1)N1CCCC1. The Hall–Kier alpha value is -1.87. The summed E-state index contributed by atoms with van der Waals surface area (Å²) in [6, 6.07) is 12.9. The van der Waals surface area contributed by atoms with Crippen LogP contribution in [0.2, 0.25) is 0 Å². The monoisotopic (exact) mass is 267 g/mol. The number of benzene rings is 1. The molecule has 2 N–H and O–H groups in total. The molecule has 1 fully saturated rings. The van der Waals surface area contributed by atoms with Gasteiger partial charge in [0.1, 0.15) is 0 Å². The van der Waals surface area contributed by atoms with Gasteiger partial charge < -0.3 is 5.73 Å². The number of aromatic nitrogens is 1. The van der Waals surface area contributed by atoms with Crippen LogP contribution in [0, 0.1) is 0 Å². The van der Waals surface area contributed by atoms with Crippen molar-refractivity contribution >= 4 is 5.69 Å². The van der Waals surface area contributed by atoms with Crippen LogP contribution in [0.15, 0.2) is 42.6 Å². The van der Waals surface area contributed by atoms with Gasteiger partial charge in [-0.2, -0.15) is 0 Å². The molecule has 1 aliphatic heterocycles. The highest BCUT2D eigenvalue weighted by molar-refractivity contribution is 5.63. The van der Waals surface area contributed by atoms with Crippen LogP contribution in [-0.4, -0.2) is 23.0 Å². The number of hydrogen-bond acceptors (Lipinski definition) is 3. The fourth-order valence-electron chi connectivity index (χ4n) is 2.88. The first kappa shape index (κ1) is 13.1. The van der Waals surface area contributed by atoms with Crippen molar-refractivity contribution < 1.29 is 0 Å². The fraction of sp³-hybridized carbons (Fsp3) is 0.353. The molecule has 0 unspecified atom stereocenters. The smallest absolute Gasteiger partial charge is 0.0722 e. The third-order valence-corrected chi connectivity index (χ3v) is 4.16. The second-order valence-corrected chi connectivity index (χ2v) is 5.52. The van der Waals surface area contributed by atoms with Gasteiger partial charge in [-0.15, -0.1) is 0 Å². The normalized spacial score (nSPS) is 17.2. The number of hydrogen-bond donors (Lipinski definition) is 1. The van der Waals surface area contributed by atoms with E-state index in [1.54, 1.807) is 6.20 Å². The molecule has 2 heterocycles. The fourth-order valence-corrected chi connectivity index (χ4v) is 2.88. The molecule has 0 spiro atoms. The molecule has 3 heteroatoms. The van der Waals surface area contributed by atoms with Crippen molar-refractivity contribution in [2.45, 2.75) is 25.8 Å². The predicted molar refractivity (Wildman–Crippen MR) is 83.3 cm³/mol. The highest BCUT2D eigenvalue weighted by atomic mass is 15.2. The Bertz CT molecular complexity index is 571. The summed E-state index contributed by atoms with van der Waals surface area (Å²) in [7, 11) is 0. The molecule has 1 saturated heterocycles. The van der Waals surface area contributed by atoms with E-state index in [0.29, 0.717) is 6.04 Å². The zero-order chi connectivity index (χ0) is 13.9. The van der Waals surface area contributed by atoms with Crippen LogP contribution in [0.1, 0.15) is 31.4 Å². The van der Waals surface area contributed by atoms with Crippen molar-refractivity contribution in [2.75, 3.05) is 18.8 Å². The lowest BCUT2D eigenvalue weighted by atomic mass is 10.0. The first-order valence-corrected chi connectivity index (χ1v) is 7.30. The van der Waals surface area contributed by atoms with Gasteiger partial charge in [-0.25, -0.2) is 0 Å². The molecule has 0 amide bonds. The molecule has 0 aliphatic carbocycles. The van der Waals surface area contributed by atoms with Gasteiger partial charge in [-0.1, -0.05) is 24.3 Å². The summed E-state index contributed by atoms with van der Waals surface area (Å²) in [6.07, 6.45) is 4.41. The van der Waals surface area contributed by atoms with Crippen LogP contribution >= 0.6 is 0 Å². The number of anilines is 1. The summed E-state index contributed by atoms with van der Waals surface area (Å²) < 4.78 is 0. The topological polar surface area (TPSA) is 42.1 Å². The minimum absolute atomic E-state index is 0.500. The van der Waals surface area contributed by atoms with Gasteiger partial charge in [0, 0.05) is 23.5 Å². The molecule has 1 aromatic carbocycles. The number of nitrogen functional groups attached to an aromatic ring is 1. The van der Waals surface area contributed by atoms with Crippen molar-refractivity contribution in [1.29, 1.82) is 0 Å². The predicted octanol–water partition coefficient (Wildman–Crippen LogP) is 3.49. The maximum absolute atomic E-state index is 5.81. The summed E-state index contributed by atoms with van der Waals surface area (Å²) in [5, 5.41) is 0. The highest BCUT2D eigenvalue weighted by Crippen LogP contribution is 2.26. The summed E-state index contributed by atoms with van der Waals surface area (Å²) in [6.45, 7) is 4.73. The van der Waals surface area contributed by atoms with Gasteiger partial charge in [0.15, 0.2) is 0 Å². The van der Waals surface area contributed by atoms with E-state index in [-0.39, 0.29) is 0 Å². The van der Waals surface area contributed by atoms with Gasteiger partial charge in [0.25, 0.3) is 0 Å². The summed E-state index contributed by atoms with van der Waals surface area (Å²) >= 11 is 0. The maximum atomic E-state index is 5.81. The molecular formula is C17H21N3. The van der Waals surface area contributed by atoms with Gasteiger partial charge in [0.2, 0.25) is 0 Å². The maximum Gasteiger partial charge on any atom is 0.0722 e. The molecule has 0 saturated carbocycles. The van der Waals surface area contributed by atoms with Crippen molar-refractivity contribution in [3.63, 3.8) is 0 Å². The minimum atomic E-state index is 0.500. The van der Waals surface area contributed by atoms with Crippen molar-refractivity contribution in [2.24, 2.45) is 0 Å². The zero-order valence-corrected chi connectivity index (χ0v) is 11.9. The molecule has 3 rings (SSSR count). The molecule has 1 aromatic heterocycles. The van der Waals surface area contributed by atoms with Crippen LogP contribution in [-0.2, 0) is 0 Å². The Labute approximate surface area is 120 Å².